The van der Waals surface area contributed by atoms with E-state index < -0.39 is 5.97 Å². The Morgan fingerprint density at radius 1 is 1.30 bits per heavy atom. The van der Waals surface area contributed by atoms with Crippen LogP contribution in [0.5, 0.6) is 0 Å². The number of nitrogens with one attached hydrogen (secondary N) is 3. The summed E-state index contributed by atoms with van der Waals surface area (Å²) in [5.41, 5.74) is 2.95. The first-order valence-corrected chi connectivity index (χ1v) is 7.31. The monoisotopic (exact) mass is 316 g/mol. The van der Waals surface area contributed by atoms with Crippen LogP contribution >= 0.6 is 0 Å². The van der Waals surface area contributed by atoms with Crippen molar-refractivity contribution in [3.8, 4) is 0 Å². The van der Waals surface area contributed by atoms with E-state index in [4.69, 9.17) is 5.11 Å². The summed E-state index contributed by atoms with van der Waals surface area (Å²) in [6.45, 7) is 4.17. The predicted molar refractivity (Wildman–Crippen MR) is 85.3 cm³/mol. The molecule has 7 heteroatoms. The van der Waals surface area contributed by atoms with Crippen LogP contribution in [-0.4, -0.2) is 33.3 Å². The van der Waals surface area contributed by atoms with Crippen molar-refractivity contribution in [2.45, 2.75) is 32.9 Å². The van der Waals surface area contributed by atoms with E-state index >= 15 is 0 Å². The van der Waals surface area contributed by atoms with Gasteiger partial charge in [-0.3, -0.25) is 5.10 Å². The van der Waals surface area contributed by atoms with Crippen LogP contribution in [0.25, 0.3) is 0 Å². The largest absolute Gasteiger partial charge is 0.478 e. The number of nitrogens with zero attached hydrogens (tertiary/aromatic N) is 1. The smallest absolute Gasteiger partial charge is 0.335 e. The quantitative estimate of drug-likeness (QED) is 0.652. The van der Waals surface area contributed by atoms with E-state index in [2.05, 4.69) is 20.8 Å². The molecule has 1 unspecified atom stereocenters. The van der Waals surface area contributed by atoms with E-state index in [0.717, 1.165) is 17.0 Å². The maximum absolute atomic E-state index is 11.9. The van der Waals surface area contributed by atoms with Crippen molar-refractivity contribution in [1.82, 2.24) is 20.8 Å². The number of aromatic amines is 1. The van der Waals surface area contributed by atoms with Crippen LogP contribution in [0, 0.1) is 6.92 Å². The summed E-state index contributed by atoms with van der Waals surface area (Å²) in [5.74, 6) is -0.968. The molecule has 0 aliphatic carbocycles. The summed E-state index contributed by atoms with van der Waals surface area (Å²) in [7, 11) is 0. The minimum atomic E-state index is -0.968. The van der Waals surface area contributed by atoms with Gasteiger partial charge >= 0.3 is 12.0 Å². The third-order valence-electron chi connectivity index (χ3n) is 3.31. The second kappa shape index (κ2) is 7.44. The van der Waals surface area contributed by atoms with E-state index in [-0.39, 0.29) is 17.6 Å². The SMILES string of the molecule is Cc1cc(CC(C)NC(=O)NCc2ccc(C(=O)O)cc2)n[nH]1. The summed E-state index contributed by atoms with van der Waals surface area (Å²) in [4.78, 5) is 22.6. The minimum absolute atomic E-state index is 0.0490. The first kappa shape index (κ1) is 16.5. The second-order valence-corrected chi connectivity index (χ2v) is 5.48. The molecule has 0 saturated carbocycles. The molecule has 0 aliphatic heterocycles. The molecular formula is C16H20N4O3. The topological polar surface area (TPSA) is 107 Å². The van der Waals surface area contributed by atoms with E-state index in [1.54, 1.807) is 12.1 Å². The number of aromatic carboxylic acids is 1. The maximum Gasteiger partial charge on any atom is 0.335 e. The Balaban J connectivity index is 1.76. The molecule has 4 N–H and O–H groups in total. The second-order valence-electron chi connectivity index (χ2n) is 5.48. The molecule has 2 rings (SSSR count). The number of aromatic nitrogens is 2. The highest BCUT2D eigenvalue weighted by molar-refractivity contribution is 5.87. The van der Waals surface area contributed by atoms with Crippen LogP contribution in [0.1, 0.15) is 34.2 Å². The highest BCUT2D eigenvalue weighted by atomic mass is 16.4. The first-order chi connectivity index (χ1) is 10.9. The number of hydrogen-bond acceptors (Lipinski definition) is 3. The van der Waals surface area contributed by atoms with E-state index in [0.29, 0.717) is 13.0 Å². The van der Waals surface area contributed by atoms with Crippen molar-refractivity contribution in [1.29, 1.82) is 0 Å². The fraction of sp³-hybridized carbons (Fsp3) is 0.312. The van der Waals surface area contributed by atoms with Crippen LogP contribution in [-0.2, 0) is 13.0 Å². The average Bonchev–Trinajstić information content (AvgIpc) is 2.90. The number of carbonyl (C=O) groups excluding carboxylic acids is 1. The van der Waals surface area contributed by atoms with Gasteiger partial charge in [-0.05, 0) is 37.6 Å². The molecule has 2 amide bonds. The molecule has 1 aromatic heterocycles. The number of carbonyl (C=O) groups is 2. The zero-order valence-corrected chi connectivity index (χ0v) is 13.1. The van der Waals surface area contributed by atoms with Crippen LogP contribution in [0.3, 0.4) is 0 Å². The highest BCUT2D eigenvalue weighted by Crippen LogP contribution is 2.04. The molecule has 1 atom stereocenters. The van der Waals surface area contributed by atoms with Gasteiger partial charge in [-0.2, -0.15) is 5.10 Å². The van der Waals surface area contributed by atoms with Crippen LogP contribution in [0.4, 0.5) is 4.79 Å². The lowest BCUT2D eigenvalue weighted by atomic mass is 10.1. The fourth-order valence-corrected chi connectivity index (χ4v) is 2.17. The van der Waals surface area contributed by atoms with Crippen molar-refractivity contribution in [3.05, 3.63) is 52.8 Å². The van der Waals surface area contributed by atoms with Crippen molar-refractivity contribution < 1.29 is 14.7 Å². The minimum Gasteiger partial charge on any atom is -0.478 e. The standard InChI is InChI=1S/C16H20N4O3/c1-10(7-14-8-11(2)19-20-14)18-16(23)17-9-12-3-5-13(6-4-12)15(21)22/h3-6,8,10H,7,9H2,1-2H3,(H,19,20)(H,21,22)(H2,17,18,23). The Morgan fingerprint density at radius 2 is 2.00 bits per heavy atom. The Hall–Kier alpha value is -2.83. The molecule has 0 saturated heterocycles. The molecule has 1 heterocycles. The number of aryl methyl sites for hydroxylation is 1. The zero-order chi connectivity index (χ0) is 16.8. The maximum atomic E-state index is 11.9. The van der Waals surface area contributed by atoms with Crippen LogP contribution < -0.4 is 10.6 Å². The Kier molecular flexibility index (Phi) is 5.35. The van der Waals surface area contributed by atoms with E-state index in [9.17, 15) is 9.59 Å². The fourth-order valence-electron chi connectivity index (χ4n) is 2.17. The van der Waals surface area contributed by atoms with Gasteiger partial charge in [-0.1, -0.05) is 12.1 Å². The number of hydrogen-bond donors (Lipinski definition) is 4. The lowest BCUT2D eigenvalue weighted by molar-refractivity contribution is 0.0697. The third-order valence-corrected chi connectivity index (χ3v) is 3.31. The van der Waals surface area contributed by atoms with E-state index in [1.165, 1.54) is 12.1 Å². The van der Waals surface area contributed by atoms with Crippen LogP contribution in [0.15, 0.2) is 30.3 Å². The molecule has 0 spiro atoms. The summed E-state index contributed by atoms with van der Waals surface area (Å²) in [6, 6.07) is 8.01. The summed E-state index contributed by atoms with van der Waals surface area (Å²) in [6.07, 6.45) is 0.644. The van der Waals surface area contributed by atoms with Gasteiger partial charge in [0, 0.05) is 24.7 Å². The molecule has 23 heavy (non-hydrogen) atoms. The summed E-state index contributed by atoms with van der Waals surface area (Å²) in [5, 5.41) is 21.4. The molecule has 7 nitrogen and oxygen atoms in total. The van der Waals surface area contributed by atoms with Gasteiger partial charge in [-0.15, -0.1) is 0 Å². The predicted octanol–water partition coefficient (Wildman–Crippen LogP) is 1.85. The Labute approximate surface area is 134 Å². The van der Waals surface area contributed by atoms with Crippen molar-refractivity contribution >= 4 is 12.0 Å². The van der Waals surface area contributed by atoms with Gasteiger partial charge in [0.2, 0.25) is 0 Å². The van der Waals surface area contributed by atoms with Crippen molar-refractivity contribution in [3.63, 3.8) is 0 Å². The van der Waals surface area contributed by atoms with Gasteiger partial charge in [0.25, 0.3) is 0 Å². The van der Waals surface area contributed by atoms with Crippen LogP contribution in [0.2, 0.25) is 0 Å². The average molecular weight is 316 g/mol. The zero-order valence-electron chi connectivity index (χ0n) is 13.1. The van der Waals surface area contributed by atoms with Gasteiger partial charge in [0.05, 0.1) is 11.3 Å². The molecule has 0 fully saturated rings. The molecule has 1 aromatic carbocycles. The first-order valence-electron chi connectivity index (χ1n) is 7.31. The number of benzene rings is 1. The molecular weight excluding hydrogens is 296 g/mol. The number of carboxylic acids is 1. The molecule has 2 aromatic rings. The molecule has 122 valence electrons. The highest BCUT2D eigenvalue weighted by Gasteiger charge is 2.10. The third kappa shape index (κ3) is 5.14. The number of rotatable bonds is 6. The van der Waals surface area contributed by atoms with Crippen molar-refractivity contribution in [2.75, 3.05) is 0 Å². The summed E-state index contributed by atoms with van der Waals surface area (Å²) < 4.78 is 0. The number of urea groups is 1. The van der Waals surface area contributed by atoms with Gasteiger partial charge in [-0.25, -0.2) is 9.59 Å². The Morgan fingerprint density at radius 3 is 2.57 bits per heavy atom. The normalized spacial score (nSPS) is 11.7. The molecule has 0 aliphatic rings. The van der Waals surface area contributed by atoms with Gasteiger partial charge in [0.15, 0.2) is 0 Å². The molecule has 0 radical (unpaired) electrons. The van der Waals surface area contributed by atoms with Gasteiger partial charge < -0.3 is 15.7 Å². The number of H-pyrrole nitrogens is 1. The Bertz CT molecular complexity index is 679. The molecule has 0 bridgehead atoms. The van der Waals surface area contributed by atoms with Gasteiger partial charge in [0.1, 0.15) is 0 Å². The lowest BCUT2D eigenvalue weighted by Gasteiger charge is -2.13. The number of carboxylic acid groups (broad SMARTS) is 1. The number of amides is 2. The summed E-state index contributed by atoms with van der Waals surface area (Å²) >= 11 is 0. The van der Waals surface area contributed by atoms with E-state index in [1.807, 2.05) is 19.9 Å². The lowest BCUT2D eigenvalue weighted by Crippen LogP contribution is -2.41. The van der Waals surface area contributed by atoms with Crippen molar-refractivity contribution in [2.24, 2.45) is 0 Å².